The number of rotatable bonds is 3. The fraction of sp³-hybridized carbons (Fsp3) is 0.500. The molecule has 0 spiro atoms. The summed E-state index contributed by atoms with van der Waals surface area (Å²) in [5.41, 5.74) is 1.03. The lowest BCUT2D eigenvalue weighted by Crippen LogP contribution is -2.35. The molecule has 2 aromatic rings. The molecule has 0 bridgehead atoms. The molecule has 0 fully saturated rings. The lowest BCUT2D eigenvalue weighted by molar-refractivity contribution is 0.383. The SMILES string of the molecule is Cc1cc(-c2cnc(CNC(C)(C)C)o2)c(C)o1. The van der Waals surface area contributed by atoms with Gasteiger partial charge >= 0.3 is 0 Å². The summed E-state index contributed by atoms with van der Waals surface area (Å²) in [6.07, 6.45) is 1.75. The number of hydrogen-bond acceptors (Lipinski definition) is 4. The highest BCUT2D eigenvalue weighted by Crippen LogP contribution is 2.27. The van der Waals surface area contributed by atoms with Gasteiger partial charge in [-0.3, -0.25) is 0 Å². The molecule has 0 aliphatic heterocycles. The third-order valence-corrected chi connectivity index (χ3v) is 2.63. The molecule has 0 amide bonds. The third-order valence-electron chi connectivity index (χ3n) is 2.63. The number of aryl methyl sites for hydroxylation is 2. The van der Waals surface area contributed by atoms with Crippen LogP contribution in [-0.2, 0) is 6.54 Å². The highest BCUT2D eigenvalue weighted by Gasteiger charge is 2.14. The van der Waals surface area contributed by atoms with E-state index < -0.39 is 0 Å². The molecule has 0 radical (unpaired) electrons. The van der Waals surface area contributed by atoms with Crippen LogP contribution in [0.5, 0.6) is 0 Å². The van der Waals surface area contributed by atoms with Gasteiger partial charge in [0.1, 0.15) is 11.5 Å². The Labute approximate surface area is 107 Å². The Bertz CT molecular complexity index is 532. The smallest absolute Gasteiger partial charge is 0.208 e. The first-order valence-electron chi connectivity index (χ1n) is 6.12. The molecule has 18 heavy (non-hydrogen) atoms. The van der Waals surface area contributed by atoms with E-state index in [9.17, 15) is 0 Å². The molecule has 2 aromatic heterocycles. The second kappa shape index (κ2) is 4.61. The summed E-state index contributed by atoms with van der Waals surface area (Å²) < 4.78 is 11.2. The van der Waals surface area contributed by atoms with Gasteiger partial charge in [0.2, 0.25) is 5.89 Å². The van der Waals surface area contributed by atoms with Crippen LogP contribution in [0.3, 0.4) is 0 Å². The molecule has 0 atom stereocenters. The van der Waals surface area contributed by atoms with Crippen molar-refractivity contribution in [1.82, 2.24) is 10.3 Å². The van der Waals surface area contributed by atoms with Crippen molar-refractivity contribution in [3.8, 4) is 11.3 Å². The van der Waals surface area contributed by atoms with E-state index in [1.807, 2.05) is 19.9 Å². The van der Waals surface area contributed by atoms with Crippen LogP contribution in [0.2, 0.25) is 0 Å². The Hall–Kier alpha value is -1.55. The number of nitrogens with one attached hydrogen (secondary N) is 1. The fourth-order valence-corrected chi connectivity index (χ4v) is 1.73. The van der Waals surface area contributed by atoms with E-state index in [-0.39, 0.29) is 5.54 Å². The number of aromatic nitrogens is 1. The highest BCUT2D eigenvalue weighted by atomic mass is 16.4. The molecule has 4 heteroatoms. The first-order valence-corrected chi connectivity index (χ1v) is 6.12. The summed E-state index contributed by atoms with van der Waals surface area (Å²) in [6, 6.07) is 1.97. The van der Waals surface area contributed by atoms with Crippen LogP contribution in [0, 0.1) is 13.8 Å². The Balaban J connectivity index is 2.13. The molecule has 2 heterocycles. The molecule has 0 unspecified atom stereocenters. The molecule has 0 saturated carbocycles. The summed E-state index contributed by atoms with van der Waals surface area (Å²) in [6.45, 7) is 10.8. The Morgan fingerprint density at radius 2 is 1.94 bits per heavy atom. The number of furan rings is 1. The molecule has 2 rings (SSSR count). The van der Waals surface area contributed by atoms with Crippen molar-refractivity contribution in [3.05, 3.63) is 29.7 Å². The van der Waals surface area contributed by atoms with Crippen molar-refractivity contribution in [1.29, 1.82) is 0 Å². The van der Waals surface area contributed by atoms with E-state index in [0.717, 1.165) is 22.8 Å². The van der Waals surface area contributed by atoms with Crippen LogP contribution in [0.15, 0.2) is 21.1 Å². The summed E-state index contributed by atoms with van der Waals surface area (Å²) >= 11 is 0. The van der Waals surface area contributed by atoms with Gasteiger partial charge < -0.3 is 14.2 Å². The van der Waals surface area contributed by atoms with E-state index in [0.29, 0.717) is 12.4 Å². The quantitative estimate of drug-likeness (QED) is 0.904. The number of nitrogens with zero attached hydrogens (tertiary/aromatic N) is 1. The zero-order valence-electron chi connectivity index (χ0n) is 11.6. The maximum Gasteiger partial charge on any atom is 0.208 e. The standard InChI is InChI=1S/C14H20N2O2/c1-9-6-11(10(2)17-9)12-7-15-13(18-12)8-16-14(3,4)5/h6-7,16H,8H2,1-5H3. The van der Waals surface area contributed by atoms with E-state index in [1.165, 1.54) is 0 Å². The monoisotopic (exact) mass is 248 g/mol. The van der Waals surface area contributed by atoms with Crippen LogP contribution in [0.1, 0.15) is 38.2 Å². The van der Waals surface area contributed by atoms with Crippen LogP contribution in [-0.4, -0.2) is 10.5 Å². The van der Waals surface area contributed by atoms with Gasteiger partial charge in [0.05, 0.1) is 18.3 Å². The lowest BCUT2D eigenvalue weighted by atomic mass is 10.1. The van der Waals surface area contributed by atoms with E-state index in [1.54, 1.807) is 6.20 Å². The van der Waals surface area contributed by atoms with Crippen molar-refractivity contribution in [2.24, 2.45) is 0 Å². The van der Waals surface area contributed by atoms with Gasteiger partial charge in [-0.05, 0) is 40.7 Å². The van der Waals surface area contributed by atoms with E-state index >= 15 is 0 Å². The van der Waals surface area contributed by atoms with Gasteiger partial charge in [-0.25, -0.2) is 4.98 Å². The Morgan fingerprint density at radius 3 is 2.50 bits per heavy atom. The minimum Gasteiger partial charge on any atom is -0.466 e. The highest BCUT2D eigenvalue weighted by molar-refractivity contribution is 5.59. The minimum atomic E-state index is 0.0524. The van der Waals surface area contributed by atoms with Crippen LogP contribution >= 0.6 is 0 Å². The van der Waals surface area contributed by atoms with Crippen molar-refractivity contribution in [2.75, 3.05) is 0 Å². The van der Waals surface area contributed by atoms with Gasteiger partial charge in [0.15, 0.2) is 5.76 Å². The minimum absolute atomic E-state index is 0.0524. The molecule has 0 aromatic carbocycles. The second-order valence-corrected chi connectivity index (χ2v) is 5.55. The molecule has 4 nitrogen and oxygen atoms in total. The molecule has 1 N–H and O–H groups in total. The summed E-state index contributed by atoms with van der Waals surface area (Å²) in [5.74, 6) is 3.19. The van der Waals surface area contributed by atoms with Crippen LogP contribution in [0.4, 0.5) is 0 Å². The first-order chi connectivity index (χ1) is 8.35. The first kappa shape index (κ1) is 12.9. The third kappa shape index (κ3) is 3.01. The zero-order valence-corrected chi connectivity index (χ0v) is 11.6. The van der Waals surface area contributed by atoms with Gasteiger partial charge in [-0.2, -0.15) is 0 Å². The summed E-state index contributed by atoms with van der Waals surface area (Å²) in [5, 5.41) is 3.34. The number of oxazole rings is 1. The van der Waals surface area contributed by atoms with Gasteiger partial charge in [0, 0.05) is 5.54 Å². The van der Waals surface area contributed by atoms with Crippen molar-refractivity contribution < 1.29 is 8.83 Å². The molecular formula is C14H20N2O2. The predicted molar refractivity (Wildman–Crippen MR) is 70.3 cm³/mol. The zero-order chi connectivity index (χ0) is 13.3. The molecular weight excluding hydrogens is 228 g/mol. The Morgan fingerprint density at radius 1 is 1.22 bits per heavy atom. The molecule has 0 saturated heterocycles. The van der Waals surface area contributed by atoms with Crippen LogP contribution in [0.25, 0.3) is 11.3 Å². The average Bonchev–Trinajstić information content (AvgIpc) is 2.81. The van der Waals surface area contributed by atoms with Crippen molar-refractivity contribution in [2.45, 2.75) is 46.7 Å². The lowest BCUT2D eigenvalue weighted by Gasteiger charge is -2.18. The maximum atomic E-state index is 5.73. The molecule has 0 aliphatic rings. The number of hydrogen-bond donors (Lipinski definition) is 1. The largest absolute Gasteiger partial charge is 0.466 e. The fourth-order valence-electron chi connectivity index (χ4n) is 1.73. The summed E-state index contributed by atoms with van der Waals surface area (Å²) in [7, 11) is 0. The van der Waals surface area contributed by atoms with Gasteiger partial charge in [-0.1, -0.05) is 0 Å². The normalized spacial score (nSPS) is 12.1. The van der Waals surface area contributed by atoms with E-state index in [4.69, 9.17) is 8.83 Å². The Kier molecular flexibility index (Phi) is 3.30. The second-order valence-electron chi connectivity index (χ2n) is 5.55. The van der Waals surface area contributed by atoms with Gasteiger partial charge in [-0.15, -0.1) is 0 Å². The maximum absolute atomic E-state index is 5.73. The summed E-state index contributed by atoms with van der Waals surface area (Å²) in [4.78, 5) is 4.28. The van der Waals surface area contributed by atoms with E-state index in [2.05, 4.69) is 31.1 Å². The van der Waals surface area contributed by atoms with Gasteiger partial charge in [0.25, 0.3) is 0 Å². The molecule has 0 aliphatic carbocycles. The van der Waals surface area contributed by atoms with Crippen molar-refractivity contribution >= 4 is 0 Å². The topological polar surface area (TPSA) is 51.2 Å². The average molecular weight is 248 g/mol. The van der Waals surface area contributed by atoms with Crippen LogP contribution < -0.4 is 5.32 Å². The van der Waals surface area contributed by atoms with Crippen molar-refractivity contribution in [3.63, 3.8) is 0 Å². The predicted octanol–water partition coefficient (Wildman–Crippen LogP) is 3.44. The molecule has 98 valence electrons.